The summed E-state index contributed by atoms with van der Waals surface area (Å²) in [4.78, 5) is 13.4. The molecule has 0 radical (unpaired) electrons. The number of hydrogen-bond acceptors (Lipinski definition) is 4. The van der Waals surface area contributed by atoms with Gasteiger partial charge in [-0.1, -0.05) is 61.0 Å². The van der Waals surface area contributed by atoms with Crippen LogP contribution in [-0.4, -0.2) is 17.9 Å². The maximum Gasteiger partial charge on any atom is 0.244 e. The fraction of sp³-hybridized carbons (Fsp3) is 0.167. The molecule has 3 rings (SSSR count). The highest BCUT2D eigenvalue weighted by Crippen LogP contribution is 2.26. The first-order chi connectivity index (χ1) is 14.7. The van der Waals surface area contributed by atoms with Crippen molar-refractivity contribution in [3.8, 4) is 5.75 Å². The molecule has 0 aliphatic carbocycles. The van der Waals surface area contributed by atoms with Gasteiger partial charge in [0.2, 0.25) is 5.91 Å². The zero-order valence-electron chi connectivity index (χ0n) is 16.7. The van der Waals surface area contributed by atoms with Gasteiger partial charge in [-0.15, -0.1) is 11.8 Å². The Labute approximate surface area is 186 Å². The molecule has 0 unspecified atom stereocenters. The highest BCUT2D eigenvalue weighted by atomic mass is 35.5. The topological polar surface area (TPSA) is 50.7 Å². The number of hydrogen-bond donors (Lipinski definition) is 1. The summed E-state index contributed by atoms with van der Waals surface area (Å²) in [6, 6.07) is 23.1. The normalized spacial score (nSPS) is 10.9. The molecule has 154 valence electrons. The number of halogens is 1. The molecular weight excluding hydrogens is 416 g/mol. The monoisotopic (exact) mass is 438 g/mol. The van der Waals surface area contributed by atoms with Gasteiger partial charge in [-0.05, 0) is 47.2 Å². The first-order valence-electron chi connectivity index (χ1n) is 9.64. The van der Waals surface area contributed by atoms with Crippen molar-refractivity contribution >= 4 is 35.5 Å². The molecule has 0 saturated heterocycles. The van der Waals surface area contributed by atoms with E-state index in [9.17, 15) is 4.79 Å². The van der Waals surface area contributed by atoms with Crippen LogP contribution >= 0.6 is 23.4 Å². The predicted octanol–water partition coefficient (Wildman–Crippen LogP) is 5.72. The standard InChI is InChI=1S/C24H23ClN2O2S/c1-2-30-23-13-12-21(25)14-20(23)15-24(28)27-26-16-18-8-6-7-9-19(18)17-29-22-10-4-3-5-11-22/h3-14,16H,2,15,17H2,1H3,(H,27,28)/b26-16-. The highest BCUT2D eigenvalue weighted by Gasteiger charge is 2.09. The van der Waals surface area contributed by atoms with Crippen LogP contribution in [0.15, 0.2) is 82.8 Å². The van der Waals surface area contributed by atoms with Gasteiger partial charge in [0.15, 0.2) is 0 Å². The number of carbonyl (C=O) groups is 1. The van der Waals surface area contributed by atoms with Crippen LogP contribution in [0.25, 0.3) is 0 Å². The summed E-state index contributed by atoms with van der Waals surface area (Å²) in [6.07, 6.45) is 1.86. The largest absolute Gasteiger partial charge is 0.489 e. The van der Waals surface area contributed by atoms with E-state index >= 15 is 0 Å². The number of benzene rings is 3. The van der Waals surface area contributed by atoms with E-state index in [0.717, 1.165) is 33.1 Å². The van der Waals surface area contributed by atoms with Crippen molar-refractivity contribution in [2.75, 3.05) is 5.75 Å². The van der Waals surface area contributed by atoms with Crippen LogP contribution in [0.4, 0.5) is 0 Å². The van der Waals surface area contributed by atoms with Crippen molar-refractivity contribution in [1.82, 2.24) is 5.43 Å². The Balaban J connectivity index is 1.60. The van der Waals surface area contributed by atoms with E-state index in [2.05, 4.69) is 17.5 Å². The molecule has 3 aromatic rings. The molecule has 0 fully saturated rings. The van der Waals surface area contributed by atoms with Gasteiger partial charge in [0.1, 0.15) is 12.4 Å². The van der Waals surface area contributed by atoms with E-state index in [1.807, 2.05) is 72.8 Å². The minimum atomic E-state index is -0.190. The molecule has 6 heteroatoms. The SMILES string of the molecule is CCSc1ccc(Cl)cc1CC(=O)N/N=C\c1ccccc1COc1ccccc1. The number of para-hydroxylation sites is 1. The second-order valence-corrected chi connectivity index (χ2v) is 8.20. The minimum Gasteiger partial charge on any atom is -0.489 e. The van der Waals surface area contributed by atoms with Gasteiger partial charge in [-0.2, -0.15) is 5.10 Å². The van der Waals surface area contributed by atoms with E-state index in [-0.39, 0.29) is 12.3 Å². The third-order valence-corrected chi connectivity index (χ3v) is 5.49. The first-order valence-corrected chi connectivity index (χ1v) is 11.0. The summed E-state index contributed by atoms with van der Waals surface area (Å²) in [6.45, 7) is 2.49. The molecule has 1 amide bonds. The number of thioether (sulfide) groups is 1. The maximum atomic E-state index is 12.4. The Morgan fingerprint density at radius 2 is 1.83 bits per heavy atom. The first kappa shape index (κ1) is 21.9. The third kappa shape index (κ3) is 6.65. The molecule has 0 atom stereocenters. The molecule has 0 aromatic heterocycles. The smallest absolute Gasteiger partial charge is 0.244 e. The summed E-state index contributed by atoms with van der Waals surface area (Å²) in [5, 5.41) is 4.75. The summed E-state index contributed by atoms with van der Waals surface area (Å²) in [5.41, 5.74) is 5.38. The van der Waals surface area contributed by atoms with Gasteiger partial charge in [0, 0.05) is 15.5 Å². The van der Waals surface area contributed by atoms with Crippen LogP contribution in [0.2, 0.25) is 5.02 Å². The van der Waals surface area contributed by atoms with Crippen LogP contribution in [0.1, 0.15) is 23.6 Å². The van der Waals surface area contributed by atoms with Crippen LogP contribution in [0.5, 0.6) is 5.75 Å². The highest BCUT2D eigenvalue weighted by molar-refractivity contribution is 7.99. The Hall–Kier alpha value is -2.76. The number of carbonyl (C=O) groups excluding carboxylic acids is 1. The number of nitrogens with one attached hydrogen (secondary N) is 1. The molecular formula is C24H23ClN2O2S. The zero-order chi connectivity index (χ0) is 21.2. The summed E-state index contributed by atoms with van der Waals surface area (Å²) in [7, 11) is 0. The lowest BCUT2D eigenvalue weighted by Gasteiger charge is -2.09. The van der Waals surface area contributed by atoms with Crippen molar-refractivity contribution in [3.05, 3.63) is 94.5 Å². The summed E-state index contributed by atoms with van der Waals surface area (Å²) < 4.78 is 5.82. The lowest BCUT2D eigenvalue weighted by Crippen LogP contribution is -2.20. The number of ether oxygens (including phenoxy) is 1. The molecule has 3 aromatic carbocycles. The fourth-order valence-corrected chi connectivity index (χ4v) is 3.82. The van der Waals surface area contributed by atoms with E-state index in [0.29, 0.717) is 11.6 Å². The van der Waals surface area contributed by atoms with Gasteiger partial charge < -0.3 is 4.74 Å². The molecule has 0 heterocycles. The molecule has 0 aliphatic rings. The lowest BCUT2D eigenvalue weighted by molar-refractivity contribution is -0.120. The van der Waals surface area contributed by atoms with Crippen LogP contribution < -0.4 is 10.2 Å². The molecule has 0 aliphatic heterocycles. The molecule has 0 saturated carbocycles. The van der Waals surface area contributed by atoms with Crippen molar-refractivity contribution in [3.63, 3.8) is 0 Å². The second kappa shape index (κ2) is 11.4. The molecule has 0 spiro atoms. The zero-order valence-corrected chi connectivity index (χ0v) is 18.2. The van der Waals surface area contributed by atoms with Crippen molar-refractivity contribution < 1.29 is 9.53 Å². The number of hydrazone groups is 1. The predicted molar refractivity (Wildman–Crippen MR) is 125 cm³/mol. The minimum absolute atomic E-state index is 0.190. The Morgan fingerprint density at radius 1 is 1.07 bits per heavy atom. The summed E-state index contributed by atoms with van der Waals surface area (Å²) >= 11 is 7.78. The fourth-order valence-electron chi connectivity index (χ4n) is 2.84. The number of nitrogens with zero attached hydrogens (tertiary/aromatic N) is 1. The van der Waals surface area contributed by atoms with Crippen LogP contribution in [-0.2, 0) is 17.8 Å². The molecule has 30 heavy (non-hydrogen) atoms. The van der Waals surface area contributed by atoms with Gasteiger partial charge in [0.05, 0.1) is 12.6 Å². The van der Waals surface area contributed by atoms with Crippen molar-refractivity contribution in [2.24, 2.45) is 5.10 Å². The van der Waals surface area contributed by atoms with Crippen LogP contribution in [0, 0.1) is 0 Å². The van der Waals surface area contributed by atoms with E-state index < -0.39 is 0 Å². The average molecular weight is 439 g/mol. The van der Waals surface area contributed by atoms with Gasteiger partial charge in [-0.25, -0.2) is 5.43 Å². The number of amides is 1. The van der Waals surface area contributed by atoms with E-state index in [1.54, 1.807) is 18.0 Å². The van der Waals surface area contributed by atoms with Crippen molar-refractivity contribution in [2.45, 2.75) is 24.8 Å². The molecule has 0 bridgehead atoms. The van der Waals surface area contributed by atoms with Gasteiger partial charge in [0.25, 0.3) is 0 Å². The van der Waals surface area contributed by atoms with E-state index in [1.165, 1.54) is 0 Å². The van der Waals surface area contributed by atoms with Crippen molar-refractivity contribution in [1.29, 1.82) is 0 Å². The maximum absolute atomic E-state index is 12.4. The molecule has 4 nitrogen and oxygen atoms in total. The second-order valence-electron chi connectivity index (χ2n) is 6.46. The lowest BCUT2D eigenvalue weighted by atomic mass is 10.1. The Morgan fingerprint density at radius 3 is 2.63 bits per heavy atom. The average Bonchev–Trinajstić information content (AvgIpc) is 2.76. The van der Waals surface area contributed by atoms with Gasteiger partial charge >= 0.3 is 0 Å². The van der Waals surface area contributed by atoms with Crippen LogP contribution in [0.3, 0.4) is 0 Å². The Bertz CT molecular complexity index is 1010. The molecule has 1 N–H and O–H groups in total. The number of rotatable bonds is 9. The quantitative estimate of drug-likeness (QED) is 0.264. The van der Waals surface area contributed by atoms with Gasteiger partial charge in [-0.3, -0.25) is 4.79 Å². The van der Waals surface area contributed by atoms with E-state index in [4.69, 9.17) is 16.3 Å². The Kier molecular flexibility index (Phi) is 8.36. The third-order valence-electron chi connectivity index (χ3n) is 4.26. The summed E-state index contributed by atoms with van der Waals surface area (Å²) in [5.74, 6) is 1.54.